The van der Waals surface area contributed by atoms with Crippen molar-refractivity contribution >= 4 is 17.7 Å². The lowest BCUT2D eigenvalue weighted by molar-refractivity contribution is -0.141. The molecule has 0 saturated heterocycles. The SMILES string of the molecule is CN(C(=O)N[C@H]1CC[C@@H](C(=O)O)C1)c1cccc(O)c1. The maximum atomic E-state index is 12.1. The van der Waals surface area contributed by atoms with Crippen molar-refractivity contribution in [3.05, 3.63) is 24.3 Å². The number of rotatable bonds is 3. The van der Waals surface area contributed by atoms with E-state index >= 15 is 0 Å². The Hall–Kier alpha value is -2.24. The van der Waals surface area contributed by atoms with E-state index in [-0.39, 0.29) is 23.7 Å². The third-order valence-corrected chi connectivity index (χ3v) is 3.63. The van der Waals surface area contributed by atoms with Crippen LogP contribution in [0.25, 0.3) is 0 Å². The van der Waals surface area contributed by atoms with E-state index < -0.39 is 5.97 Å². The number of aromatic hydroxyl groups is 1. The Kier molecular flexibility index (Phi) is 4.12. The highest BCUT2D eigenvalue weighted by Crippen LogP contribution is 2.26. The molecule has 108 valence electrons. The highest BCUT2D eigenvalue weighted by molar-refractivity contribution is 5.91. The first-order valence-electron chi connectivity index (χ1n) is 6.53. The number of hydrogen-bond acceptors (Lipinski definition) is 3. The third-order valence-electron chi connectivity index (χ3n) is 3.63. The van der Waals surface area contributed by atoms with Crippen LogP contribution < -0.4 is 10.2 Å². The van der Waals surface area contributed by atoms with Gasteiger partial charge in [-0.05, 0) is 31.4 Å². The average Bonchev–Trinajstić information content (AvgIpc) is 2.86. The lowest BCUT2D eigenvalue weighted by atomic mass is 10.1. The number of hydrogen-bond donors (Lipinski definition) is 3. The summed E-state index contributed by atoms with van der Waals surface area (Å²) in [6.07, 6.45) is 1.74. The monoisotopic (exact) mass is 278 g/mol. The lowest BCUT2D eigenvalue weighted by Gasteiger charge is -2.21. The van der Waals surface area contributed by atoms with Crippen molar-refractivity contribution < 1.29 is 19.8 Å². The minimum absolute atomic E-state index is 0.0916. The molecule has 1 fully saturated rings. The van der Waals surface area contributed by atoms with Crippen LogP contribution in [0.1, 0.15) is 19.3 Å². The number of nitrogens with zero attached hydrogens (tertiary/aromatic N) is 1. The van der Waals surface area contributed by atoms with E-state index in [2.05, 4.69) is 5.32 Å². The van der Waals surface area contributed by atoms with Crippen LogP contribution in [0, 0.1) is 5.92 Å². The highest BCUT2D eigenvalue weighted by Gasteiger charge is 2.31. The quantitative estimate of drug-likeness (QED) is 0.786. The number of carbonyl (C=O) groups excluding carboxylic acids is 1. The summed E-state index contributed by atoms with van der Waals surface area (Å²) in [5, 5.41) is 21.2. The Morgan fingerprint density at radius 1 is 1.35 bits per heavy atom. The Morgan fingerprint density at radius 3 is 2.70 bits per heavy atom. The topological polar surface area (TPSA) is 89.9 Å². The van der Waals surface area contributed by atoms with Crippen molar-refractivity contribution in [2.24, 2.45) is 5.92 Å². The average molecular weight is 278 g/mol. The molecule has 0 aliphatic heterocycles. The molecule has 1 aromatic rings. The molecule has 20 heavy (non-hydrogen) atoms. The molecule has 1 aliphatic rings. The largest absolute Gasteiger partial charge is 0.508 e. The maximum Gasteiger partial charge on any atom is 0.321 e. The van der Waals surface area contributed by atoms with E-state index in [0.29, 0.717) is 24.9 Å². The van der Waals surface area contributed by atoms with Crippen molar-refractivity contribution in [3.8, 4) is 5.75 Å². The number of aliphatic carboxylic acids is 1. The van der Waals surface area contributed by atoms with Gasteiger partial charge in [0.2, 0.25) is 0 Å². The van der Waals surface area contributed by atoms with Crippen molar-refractivity contribution in [3.63, 3.8) is 0 Å². The van der Waals surface area contributed by atoms with Gasteiger partial charge in [-0.15, -0.1) is 0 Å². The van der Waals surface area contributed by atoms with Crippen molar-refractivity contribution in [2.75, 3.05) is 11.9 Å². The normalized spacial score (nSPS) is 21.4. The van der Waals surface area contributed by atoms with E-state index in [9.17, 15) is 14.7 Å². The number of phenols is 1. The zero-order valence-electron chi connectivity index (χ0n) is 11.2. The fraction of sp³-hybridized carbons (Fsp3) is 0.429. The highest BCUT2D eigenvalue weighted by atomic mass is 16.4. The summed E-state index contributed by atoms with van der Waals surface area (Å²) in [6, 6.07) is 5.99. The fourth-order valence-corrected chi connectivity index (χ4v) is 2.43. The van der Waals surface area contributed by atoms with Crippen LogP contribution in [0.15, 0.2) is 24.3 Å². The van der Waals surface area contributed by atoms with Gasteiger partial charge in [0, 0.05) is 24.8 Å². The first kappa shape index (κ1) is 14.2. The molecule has 6 nitrogen and oxygen atoms in total. The standard InChI is InChI=1S/C14H18N2O4/c1-16(11-3-2-4-12(17)8-11)14(20)15-10-6-5-9(7-10)13(18)19/h2-4,8-10,17H,5-7H2,1H3,(H,15,20)(H,18,19)/t9-,10+/m1/s1. The van der Waals surface area contributed by atoms with Gasteiger partial charge < -0.3 is 15.5 Å². The molecular weight excluding hydrogens is 260 g/mol. The van der Waals surface area contributed by atoms with Crippen LogP contribution in [0.2, 0.25) is 0 Å². The van der Waals surface area contributed by atoms with E-state index in [1.54, 1.807) is 19.2 Å². The molecule has 0 bridgehead atoms. The fourth-order valence-electron chi connectivity index (χ4n) is 2.43. The molecule has 1 saturated carbocycles. The predicted octanol–water partition coefficient (Wildman–Crippen LogP) is 1.79. The molecule has 0 aromatic heterocycles. The molecule has 0 unspecified atom stereocenters. The number of nitrogens with one attached hydrogen (secondary N) is 1. The number of carboxylic acid groups (broad SMARTS) is 1. The summed E-state index contributed by atoms with van der Waals surface area (Å²) in [4.78, 5) is 24.3. The van der Waals surface area contributed by atoms with E-state index in [0.717, 1.165) is 0 Å². The van der Waals surface area contributed by atoms with Gasteiger partial charge >= 0.3 is 12.0 Å². The van der Waals surface area contributed by atoms with Crippen LogP contribution in [-0.4, -0.2) is 35.3 Å². The molecule has 2 rings (SSSR count). The summed E-state index contributed by atoms with van der Waals surface area (Å²) in [5.41, 5.74) is 0.579. The summed E-state index contributed by atoms with van der Waals surface area (Å²) in [6.45, 7) is 0. The molecule has 2 atom stereocenters. The van der Waals surface area contributed by atoms with E-state index in [1.165, 1.54) is 17.0 Å². The summed E-state index contributed by atoms with van der Waals surface area (Å²) < 4.78 is 0. The smallest absolute Gasteiger partial charge is 0.321 e. The minimum Gasteiger partial charge on any atom is -0.508 e. The Balaban J connectivity index is 1.94. The van der Waals surface area contributed by atoms with Gasteiger partial charge in [0.1, 0.15) is 5.75 Å². The minimum atomic E-state index is -0.803. The summed E-state index contributed by atoms with van der Waals surface area (Å²) >= 11 is 0. The second-order valence-corrected chi connectivity index (χ2v) is 5.07. The van der Waals surface area contributed by atoms with Gasteiger partial charge in [0.25, 0.3) is 0 Å². The Morgan fingerprint density at radius 2 is 2.10 bits per heavy atom. The molecular formula is C14H18N2O4. The molecule has 3 N–H and O–H groups in total. The molecule has 1 aromatic carbocycles. The molecule has 0 radical (unpaired) electrons. The lowest BCUT2D eigenvalue weighted by Crippen LogP contribution is -2.42. The third kappa shape index (κ3) is 3.20. The second-order valence-electron chi connectivity index (χ2n) is 5.07. The predicted molar refractivity (Wildman–Crippen MR) is 73.8 cm³/mol. The zero-order valence-corrected chi connectivity index (χ0v) is 11.2. The van der Waals surface area contributed by atoms with E-state index in [4.69, 9.17) is 5.11 Å². The number of carbonyl (C=O) groups is 2. The van der Waals surface area contributed by atoms with E-state index in [1.807, 2.05) is 0 Å². The van der Waals surface area contributed by atoms with Crippen LogP contribution in [0.4, 0.5) is 10.5 Å². The first-order valence-corrected chi connectivity index (χ1v) is 6.53. The van der Waals surface area contributed by atoms with Gasteiger partial charge in [0.05, 0.1) is 5.92 Å². The molecule has 1 aliphatic carbocycles. The van der Waals surface area contributed by atoms with Gasteiger partial charge in [-0.3, -0.25) is 9.69 Å². The summed E-state index contributed by atoms with van der Waals surface area (Å²) in [7, 11) is 1.60. The number of phenolic OH excluding ortho intramolecular Hbond substituents is 1. The maximum absolute atomic E-state index is 12.1. The van der Waals surface area contributed by atoms with Crippen LogP contribution >= 0.6 is 0 Å². The molecule has 0 spiro atoms. The first-order chi connectivity index (χ1) is 9.47. The molecule has 6 heteroatoms. The Labute approximate surface area is 117 Å². The number of amides is 2. The van der Waals surface area contributed by atoms with Gasteiger partial charge in [-0.2, -0.15) is 0 Å². The van der Waals surface area contributed by atoms with Gasteiger partial charge in [-0.1, -0.05) is 6.07 Å². The van der Waals surface area contributed by atoms with Gasteiger partial charge in [0.15, 0.2) is 0 Å². The number of anilines is 1. The summed E-state index contributed by atoms with van der Waals surface area (Å²) in [5.74, 6) is -1.08. The molecule has 0 heterocycles. The van der Waals surface area contributed by atoms with Gasteiger partial charge in [-0.25, -0.2) is 4.79 Å². The van der Waals surface area contributed by atoms with Crippen molar-refractivity contribution in [1.29, 1.82) is 0 Å². The zero-order chi connectivity index (χ0) is 14.7. The number of benzene rings is 1. The second kappa shape index (κ2) is 5.81. The van der Waals surface area contributed by atoms with Crippen LogP contribution in [0.5, 0.6) is 5.75 Å². The van der Waals surface area contributed by atoms with Crippen LogP contribution in [0.3, 0.4) is 0 Å². The number of carboxylic acids is 1. The Bertz CT molecular complexity index is 518. The van der Waals surface area contributed by atoms with Crippen molar-refractivity contribution in [1.82, 2.24) is 5.32 Å². The number of urea groups is 1. The van der Waals surface area contributed by atoms with Crippen molar-refractivity contribution in [2.45, 2.75) is 25.3 Å². The molecule has 2 amide bonds. The van der Waals surface area contributed by atoms with Crippen LogP contribution in [-0.2, 0) is 4.79 Å².